The van der Waals surface area contributed by atoms with E-state index >= 15 is 0 Å². The lowest BCUT2D eigenvalue weighted by atomic mass is 10.0. The molecule has 0 aliphatic rings. The molecule has 0 aromatic heterocycles. The molecule has 0 spiro atoms. The Bertz CT molecular complexity index is 866. The molecule has 148 valence electrons. The van der Waals surface area contributed by atoms with Gasteiger partial charge in [0.05, 0.1) is 4.90 Å². The predicted octanol–water partition coefficient (Wildman–Crippen LogP) is 4.59. The van der Waals surface area contributed by atoms with Gasteiger partial charge < -0.3 is 5.32 Å². The monoisotopic (exact) mass is 388 g/mol. The number of aryl methyl sites for hydroxylation is 4. The summed E-state index contributed by atoms with van der Waals surface area (Å²) in [6, 6.07) is 11.8. The molecule has 0 fully saturated rings. The Hall–Kier alpha value is -1.85. The molecule has 1 atom stereocenters. The molecule has 0 aliphatic carbocycles. The summed E-state index contributed by atoms with van der Waals surface area (Å²) < 4.78 is 29.1. The van der Waals surface area contributed by atoms with Crippen molar-refractivity contribution in [3.63, 3.8) is 0 Å². The van der Waals surface area contributed by atoms with Crippen molar-refractivity contribution in [1.82, 2.24) is 4.72 Å². The van der Waals surface area contributed by atoms with E-state index in [9.17, 15) is 8.42 Å². The number of hydrogen-bond donors (Lipinski definition) is 2. The molecule has 4 nitrogen and oxygen atoms in total. The van der Waals surface area contributed by atoms with Crippen molar-refractivity contribution >= 4 is 15.7 Å². The van der Waals surface area contributed by atoms with E-state index in [1.807, 2.05) is 65.0 Å². The van der Waals surface area contributed by atoms with Gasteiger partial charge in [-0.3, -0.25) is 0 Å². The van der Waals surface area contributed by atoms with Crippen molar-refractivity contribution in [2.75, 3.05) is 11.9 Å². The highest BCUT2D eigenvalue weighted by Gasteiger charge is 2.25. The lowest BCUT2D eigenvalue weighted by Gasteiger charge is -2.25. The smallest absolute Gasteiger partial charge is 0.241 e. The van der Waals surface area contributed by atoms with Crippen LogP contribution in [0.4, 0.5) is 5.69 Å². The molecule has 0 amide bonds. The van der Waals surface area contributed by atoms with Gasteiger partial charge in [0.2, 0.25) is 10.0 Å². The van der Waals surface area contributed by atoms with E-state index in [1.54, 1.807) is 0 Å². The number of sulfonamides is 1. The highest BCUT2D eigenvalue weighted by molar-refractivity contribution is 7.89. The van der Waals surface area contributed by atoms with E-state index in [0.29, 0.717) is 11.4 Å². The van der Waals surface area contributed by atoms with Crippen LogP contribution in [0.3, 0.4) is 0 Å². The largest absolute Gasteiger partial charge is 0.383 e. The number of hydrogen-bond acceptors (Lipinski definition) is 3. The van der Waals surface area contributed by atoms with Gasteiger partial charge in [-0.05, 0) is 55.9 Å². The lowest BCUT2D eigenvalue weighted by molar-refractivity contribution is 0.462. The van der Waals surface area contributed by atoms with E-state index in [0.717, 1.165) is 28.8 Å². The van der Waals surface area contributed by atoms with Gasteiger partial charge in [-0.2, -0.15) is 0 Å². The first-order valence-corrected chi connectivity index (χ1v) is 11.1. The van der Waals surface area contributed by atoms with E-state index in [1.165, 1.54) is 5.56 Å². The molecule has 0 aliphatic heterocycles. The normalized spacial score (nSPS) is 13.0. The Morgan fingerprint density at radius 1 is 1.00 bits per heavy atom. The zero-order chi connectivity index (χ0) is 20.2. The highest BCUT2D eigenvalue weighted by atomic mass is 32.2. The second-order valence-electron chi connectivity index (χ2n) is 7.59. The lowest BCUT2D eigenvalue weighted by Crippen LogP contribution is -2.43. The number of rotatable bonds is 8. The zero-order valence-corrected chi connectivity index (χ0v) is 18.1. The minimum Gasteiger partial charge on any atom is -0.383 e. The molecule has 1 unspecified atom stereocenters. The summed E-state index contributed by atoms with van der Waals surface area (Å²) >= 11 is 0. The Labute approximate surface area is 164 Å². The number of benzene rings is 2. The fraction of sp³-hybridized carbons (Fsp3) is 0.455. The predicted molar refractivity (Wildman–Crippen MR) is 114 cm³/mol. The van der Waals surface area contributed by atoms with Crippen molar-refractivity contribution in [3.05, 3.63) is 58.7 Å². The third kappa shape index (κ3) is 5.33. The van der Waals surface area contributed by atoms with Crippen LogP contribution in [0, 0.1) is 26.7 Å². The molecule has 0 saturated heterocycles. The Morgan fingerprint density at radius 2 is 1.59 bits per heavy atom. The van der Waals surface area contributed by atoms with Crippen molar-refractivity contribution in [1.29, 1.82) is 0 Å². The molecule has 2 rings (SSSR count). The first kappa shape index (κ1) is 21.5. The van der Waals surface area contributed by atoms with Crippen molar-refractivity contribution in [3.8, 4) is 0 Å². The van der Waals surface area contributed by atoms with E-state index in [4.69, 9.17) is 0 Å². The average Bonchev–Trinajstić information content (AvgIpc) is 2.57. The van der Waals surface area contributed by atoms with Crippen LogP contribution in [0.5, 0.6) is 0 Å². The van der Waals surface area contributed by atoms with Crippen molar-refractivity contribution in [2.45, 2.75) is 58.9 Å². The summed E-state index contributed by atoms with van der Waals surface area (Å²) in [4.78, 5) is 0.396. The summed E-state index contributed by atoms with van der Waals surface area (Å²) in [5.74, 6) is 0.159. The van der Waals surface area contributed by atoms with Crippen molar-refractivity contribution in [2.24, 2.45) is 5.92 Å². The minimum absolute atomic E-state index is 0.159. The minimum atomic E-state index is -3.59. The molecule has 0 heterocycles. The van der Waals surface area contributed by atoms with Gasteiger partial charge in [0.1, 0.15) is 0 Å². The second-order valence-corrected chi connectivity index (χ2v) is 9.24. The van der Waals surface area contributed by atoms with Gasteiger partial charge in [-0.1, -0.05) is 56.7 Å². The number of para-hydroxylation sites is 1. The van der Waals surface area contributed by atoms with Gasteiger partial charge in [-0.15, -0.1) is 0 Å². The first-order valence-electron chi connectivity index (χ1n) is 9.57. The summed E-state index contributed by atoms with van der Waals surface area (Å²) in [6.07, 6.45) is 0.934. The molecule has 2 aromatic rings. The maximum Gasteiger partial charge on any atom is 0.241 e. The first-order chi connectivity index (χ1) is 12.7. The molecule has 5 heteroatoms. The van der Waals surface area contributed by atoms with Crippen LogP contribution in [-0.4, -0.2) is 21.0 Å². The molecule has 2 aromatic carbocycles. The third-order valence-corrected chi connectivity index (χ3v) is 6.69. The maximum absolute atomic E-state index is 13.1. The fourth-order valence-corrected chi connectivity index (χ4v) is 5.32. The molecule has 27 heavy (non-hydrogen) atoms. The zero-order valence-electron chi connectivity index (χ0n) is 17.3. The Morgan fingerprint density at radius 3 is 2.15 bits per heavy atom. The Kier molecular flexibility index (Phi) is 7.06. The van der Waals surface area contributed by atoms with E-state index in [-0.39, 0.29) is 12.0 Å². The van der Waals surface area contributed by atoms with Crippen LogP contribution in [0.15, 0.2) is 41.3 Å². The SMILES string of the molecule is CCc1ccccc1NCC(NS(=O)(=O)c1c(C)cc(C)cc1C)C(C)C. The maximum atomic E-state index is 13.1. The van der Waals surface area contributed by atoms with Gasteiger partial charge in [-0.25, -0.2) is 13.1 Å². The average molecular weight is 389 g/mol. The van der Waals surface area contributed by atoms with Crippen LogP contribution in [0.2, 0.25) is 0 Å². The summed E-state index contributed by atoms with van der Waals surface area (Å²) in [6.45, 7) is 12.4. The van der Waals surface area contributed by atoms with Gasteiger partial charge in [0.25, 0.3) is 0 Å². The summed E-state index contributed by atoms with van der Waals surface area (Å²) in [5, 5.41) is 3.43. The van der Waals surface area contributed by atoms with Crippen LogP contribution < -0.4 is 10.0 Å². The van der Waals surface area contributed by atoms with Gasteiger partial charge in [0.15, 0.2) is 0 Å². The van der Waals surface area contributed by atoms with Crippen LogP contribution in [0.1, 0.15) is 43.0 Å². The standard InChI is InChI=1S/C22H32N2O2S/c1-7-19-10-8-9-11-20(19)23-14-21(15(2)3)24-27(25,26)22-17(5)12-16(4)13-18(22)6/h8-13,15,21,23-24H,7,14H2,1-6H3. The molecule has 0 bridgehead atoms. The number of nitrogens with one attached hydrogen (secondary N) is 2. The summed E-state index contributed by atoms with van der Waals surface area (Å²) in [5.41, 5.74) is 4.93. The highest BCUT2D eigenvalue weighted by Crippen LogP contribution is 2.23. The molecule has 0 saturated carbocycles. The third-order valence-electron chi connectivity index (χ3n) is 4.90. The number of anilines is 1. The van der Waals surface area contributed by atoms with Crippen molar-refractivity contribution < 1.29 is 8.42 Å². The Balaban J connectivity index is 2.23. The molecule has 0 radical (unpaired) electrons. The van der Waals surface area contributed by atoms with Gasteiger partial charge >= 0.3 is 0 Å². The van der Waals surface area contributed by atoms with Crippen LogP contribution in [-0.2, 0) is 16.4 Å². The summed E-state index contributed by atoms with van der Waals surface area (Å²) in [7, 11) is -3.59. The topological polar surface area (TPSA) is 58.2 Å². The van der Waals surface area contributed by atoms with E-state index < -0.39 is 10.0 Å². The van der Waals surface area contributed by atoms with Crippen LogP contribution >= 0.6 is 0 Å². The van der Waals surface area contributed by atoms with E-state index in [2.05, 4.69) is 23.0 Å². The molecular weight excluding hydrogens is 356 g/mol. The van der Waals surface area contributed by atoms with Crippen LogP contribution in [0.25, 0.3) is 0 Å². The molecule has 2 N–H and O–H groups in total. The van der Waals surface area contributed by atoms with Gasteiger partial charge in [0, 0.05) is 18.3 Å². The second kappa shape index (κ2) is 8.89. The molecular formula is C22H32N2O2S. The quantitative estimate of drug-likeness (QED) is 0.695. The fourth-order valence-electron chi connectivity index (χ4n) is 3.48.